The third-order valence-corrected chi connectivity index (χ3v) is 2.27. The summed E-state index contributed by atoms with van der Waals surface area (Å²) in [6, 6.07) is 7.82. The average Bonchev–Trinajstić information content (AvgIpc) is 2.21. The molecule has 0 amide bonds. The summed E-state index contributed by atoms with van der Waals surface area (Å²) in [6.07, 6.45) is 0. The van der Waals surface area contributed by atoms with Gasteiger partial charge in [0.15, 0.2) is 6.79 Å². The standard InChI is InChI=1S/C10H13IO3/c1-12-6-7-13-8-14-10-4-2-9(11)3-5-10/h2-5H,6-8H2,1H3. The lowest BCUT2D eigenvalue weighted by atomic mass is 10.3. The van der Waals surface area contributed by atoms with Crippen molar-refractivity contribution >= 4 is 22.6 Å². The maximum atomic E-state index is 5.33. The van der Waals surface area contributed by atoms with Gasteiger partial charge >= 0.3 is 0 Å². The van der Waals surface area contributed by atoms with E-state index in [1.165, 1.54) is 3.57 Å². The van der Waals surface area contributed by atoms with Gasteiger partial charge in [-0.05, 0) is 46.9 Å². The van der Waals surface area contributed by atoms with Gasteiger partial charge in [-0.25, -0.2) is 0 Å². The van der Waals surface area contributed by atoms with Gasteiger partial charge in [0.1, 0.15) is 5.75 Å². The van der Waals surface area contributed by atoms with E-state index in [-0.39, 0.29) is 6.79 Å². The van der Waals surface area contributed by atoms with Crippen LogP contribution in [0.25, 0.3) is 0 Å². The topological polar surface area (TPSA) is 27.7 Å². The van der Waals surface area contributed by atoms with E-state index in [1.807, 2.05) is 24.3 Å². The molecule has 0 spiro atoms. The summed E-state index contributed by atoms with van der Waals surface area (Å²) in [4.78, 5) is 0. The van der Waals surface area contributed by atoms with Crippen LogP contribution < -0.4 is 4.74 Å². The molecule has 1 rings (SSSR count). The summed E-state index contributed by atoms with van der Waals surface area (Å²) in [5.74, 6) is 0.822. The summed E-state index contributed by atoms with van der Waals surface area (Å²) in [6.45, 7) is 1.42. The lowest BCUT2D eigenvalue weighted by Gasteiger charge is -2.06. The second-order valence-electron chi connectivity index (χ2n) is 2.62. The van der Waals surface area contributed by atoms with Gasteiger partial charge in [0.05, 0.1) is 13.2 Å². The molecule has 14 heavy (non-hydrogen) atoms. The Morgan fingerprint density at radius 2 is 1.86 bits per heavy atom. The number of benzene rings is 1. The van der Waals surface area contributed by atoms with Gasteiger partial charge in [0, 0.05) is 10.7 Å². The molecule has 4 heteroatoms. The number of halogens is 1. The molecule has 0 radical (unpaired) electrons. The minimum absolute atomic E-state index is 0.268. The SMILES string of the molecule is COCCOCOc1ccc(I)cc1. The smallest absolute Gasteiger partial charge is 0.189 e. The second-order valence-corrected chi connectivity index (χ2v) is 3.86. The molecule has 1 aromatic rings. The molecule has 0 aliphatic rings. The highest BCUT2D eigenvalue weighted by atomic mass is 127. The fraction of sp³-hybridized carbons (Fsp3) is 0.400. The fourth-order valence-corrected chi connectivity index (χ4v) is 1.20. The fourth-order valence-electron chi connectivity index (χ4n) is 0.842. The Labute approximate surface area is 97.5 Å². The van der Waals surface area contributed by atoms with Crippen LogP contribution in [0, 0.1) is 3.57 Å². The predicted octanol–water partition coefficient (Wildman–Crippen LogP) is 2.29. The summed E-state index contributed by atoms with van der Waals surface area (Å²) in [5, 5.41) is 0. The van der Waals surface area contributed by atoms with E-state index in [4.69, 9.17) is 14.2 Å². The Kier molecular flexibility index (Phi) is 5.89. The van der Waals surface area contributed by atoms with Crippen molar-refractivity contribution in [3.05, 3.63) is 27.8 Å². The Balaban J connectivity index is 2.15. The molecule has 0 aliphatic heterocycles. The molecule has 0 saturated heterocycles. The first-order chi connectivity index (χ1) is 6.83. The van der Waals surface area contributed by atoms with Crippen LogP contribution in [0.5, 0.6) is 5.75 Å². The summed E-state index contributed by atoms with van der Waals surface area (Å²) < 4.78 is 16.5. The van der Waals surface area contributed by atoms with Gasteiger partial charge in [-0.2, -0.15) is 0 Å². The minimum atomic E-state index is 0.268. The van der Waals surface area contributed by atoms with Crippen molar-refractivity contribution in [2.24, 2.45) is 0 Å². The number of ether oxygens (including phenoxy) is 3. The van der Waals surface area contributed by atoms with Crippen molar-refractivity contribution in [1.82, 2.24) is 0 Å². The highest BCUT2D eigenvalue weighted by molar-refractivity contribution is 14.1. The van der Waals surface area contributed by atoms with E-state index in [2.05, 4.69) is 22.6 Å². The van der Waals surface area contributed by atoms with Crippen LogP contribution in [-0.2, 0) is 9.47 Å². The van der Waals surface area contributed by atoms with E-state index in [1.54, 1.807) is 7.11 Å². The molecular formula is C10H13IO3. The first kappa shape index (κ1) is 11.7. The van der Waals surface area contributed by atoms with E-state index < -0.39 is 0 Å². The van der Waals surface area contributed by atoms with Crippen LogP contribution in [0.15, 0.2) is 24.3 Å². The van der Waals surface area contributed by atoms with E-state index in [0.29, 0.717) is 13.2 Å². The number of methoxy groups -OCH3 is 1. The monoisotopic (exact) mass is 308 g/mol. The molecule has 78 valence electrons. The van der Waals surface area contributed by atoms with Crippen molar-refractivity contribution in [2.75, 3.05) is 27.1 Å². The van der Waals surface area contributed by atoms with Crippen LogP contribution in [-0.4, -0.2) is 27.1 Å². The van der Waals surface area contributed by atoms with Crippen molar-refractivity contribution in [3.8, 4) is 5.75 Å². The zero-order chi connectivity index (χ0) is 10.2. The van der Waals surface area contributed by atoms with Gasteiger partial charge in [0.2, 0.25) is 0 Å². The van der Waals surface area contributed by atoms with Crippen molar-refractivity contribution in [2.45, 2.75) is 0 Å². The molecule has 0 fully saturated rings. The van der Waals surface area contributed by atoms with Crippen LogP contribution in [0.2, 0.25) is 0 Å². The van der Waals surface area contributed by atoms with Crippen LogP contribution in [0.3, 0.4) is 0 Å². The van der Waals surface area contributed by atoms with Crippen LogP contribution >= 0.6 is 22.6 Å². The van der Waals surface area contributed by atoms with Crippen LogP contribution in [0.1, 0.15) is 0 Å². The lowest BCUT2D eigenvalue weighted by Crippen LogP contribution is -2.07. The average molecular weight is 308 g/mol. The number of rotatable bonds is 6. The molecule has 1 aromatic carbocycles. The third-order valence-electron chi connectivity index (χ3n) is 1.55. The van der Waals surface area contributed by atoms with Crippen molar-refractivity contribution in [3.63, 3.8) is 0 Å². The van der Waals surface area contributed by atoms with E-state index in [9.17, 15) is 0 Å². The summed E-state index contributed by atoms with van der Waals surface area (Å²) in [7, 11) is 1.64. The maximum Gasteiger partial charge on any atom is 0.189 e. The molecule has 3 nitrogen and oxygen atoms in total. The number of hydrogen-bond donors (Lipinski definition) is 0. The van der Waals surface area contributed by atoms with Gasteiger partial charge in [0.25, 0.3) is 0 Å². The molecule has 0 unspecified atom stereocenters. The Morgan fingerprint density at radius 1 is 1.14 bits per heavy atom. The molecule has 0 saturated carbocycles. The zero-order valence-corrected chi connectivity index (χ0v) is 10.2. The highest BCUT2D eigenvalue weighted by Gasteiger charge is 1.92. The summed E-state index contributed by atoms with van der Waals surface area (Å²) >= 11 is 2.25. The Hall–Kier alpha value is -0.330. The van der Waals surface area contributed by atoms with Gasteiger partial charge < -0.3 is 14.2 Å². The Bertz CT molecular complexity index is 248. The molecular weight excluding hydrogens is 295 g/mol. The quantitative estimate of drug-likeness (QED) is 0.458. The van der Waals surface area contributed by atoms with Crippen molar-refractivity contribution < 1.29 is 14.2 Å². The molecule has 0 aliphatic carbocycles. The normalized spacial score (nSPS) is 10.1. The molecule has 0 heterocycles. The number of hydrogen-bond acceptors (Lipinski definition) is 3. The largest absolute Gasteiger partial charge is 0.468 e. The van der Waals surface area contributed by atoms with Gasteiger partial charge in [-0.1, -0.05) is 0 Å². The highest BCUT2D eigenvalue weighted by Crippen LogP contribution is 2.13. The summed E-state index contributed by atoms with van der Waals surface area (Å²) in [5.41, 5.74) is 0. The molecule has 0 aromatic heterocycles. The maximum absolute atomic E-state index is 5.33. The van der Waals surface area contributed by atoms with Gasteiger partial charge in [-0.3, -0.25) is 0 Å². The first-order valence-electron chi connectivity index (χ1n) is 4.28. The predicted molar refractivity (Wildman–Crippen MR) is 62.5 cm³/mol. The molecule has 0 atom stereocenters. The Morgan fingerprint density at radius 3 is 2.50 bits per heavy atom. The minimum Gasteiger partial charge on any atom is -0.468 e. The van der Waals surface area contributed by atoms with E-state index in [0.717, 1.165) is 5.75 Å². The third kappa shape index (κ3) is 4.78. The van der Waals surface area contributed by atoms with E-state index >= 15 is 0 Å². The van der Waals surface area contributed by atoms with Crippen LogP contribution in [0.4, 0.5) is 0 Å². The second kappa shape index (κ2) is 7.03. The van der Waals surface area contributed by atoms with Crippen molar-refractivity contribution in [1.29, 1.82) is 0 Å². The molecule has 0 bridgehead atoms. The zero-order valence-electron chi connectivity index (χ0n) is 8.03. The van der Waals surface area contributed by atoms with Gasteiger partial charge in [-0.15, -0.1) is 0 Å². The molecule has 0 N–H and O–H groups in total. The first-order valence-corrected chi connectivity index (χ1v) is 5.36. The lowest BCUT2D eigenvalue weighted by molar-refractivity contribution is -0.00847.